The smallest absolute Gasteiger partial charge is 0.245 e. The Hall–Kier alpha value is -2.38. The minimum Gasteiger partial charge on any atom is -0.354 e. The number of benzene rings is 2. The summed E-state index contributed by atoms with van der Waals surface area (Å²) in [5.74, 6) is 0.149. The number of carbonyl (C=O) groups is 1. The van der Waals surface area contributed by atoms with E-state index in [-0.39, 0.29) is 24.0 Å². The Bertz CT molecular complexity index is 1070. The Kier molecular flexibility index (Phi) is 5.26. The third-order valence-corrected chi connectivity index (χ3v) is 8.86. The minimum absolute atomic E-state index is 0.00556. The first-order chi connectivity index (χ1) is 15.0. The molecule has 2 saturated heterocycles. The zero-order valence-electron chi connectivity index (χ0n) is 17.9. The third kappa shape index (κ3) is 3.53. The fraction of sp³-hybridized carbons (Fsp3) is 0.458. The lowest BCUT2D eigenvalue weighted by Gasteiger charge is -2.34. The quantitative estimate of drug-likeness (QED) is 0.737. The molecule has 0 bridgehead atoms. The predicted octanol–water partition coefficient (Wildman–Crippen LogP) is 3.24. The van der Waals surface area contributed by atoms with Crippen LogP contribution in [0.3, 0.4) is 0 Å². The Balaban J connectivity index is 1.53. The van der Waals surface area contributed by atoms with Gasteiger partial charge in [0.15, 0.2) is 0 Å². The van der Waals surface area contributed by atoms with Crippen molar-refractivity contribution in [2.45, 2.75) is 62.2 Å². The molecule has 0 aliphatic carbocycles. The van der Waals surface area contributed by atoms with Crippen LogP contribution in [0.1, 0.15) is 38.2 Å². The standard InChI is InChI=1S/C24H29N3O3S/c1-18-8-7-15-26(18)24(28)22-14-13-20-17-25(16-19-9-3-2-4-10-19)31(29,30)23-12-6-5-11-21(23)27(20)22/h2-6,9-12,18,20,22H,7-8,13-17H2,1H3/t18-,20+,22-/m1/s1. The number of nitrogens with zero attached hydrogens (tertiary/aromatic N) is 3. The Morgan fingerprint density at radius 2 is 1.74 bits per heavy atom. The molecule has 0 saturated carbocycles. The first-order valence-corrected chi connectivity index (χ1v) is 12.6. The number of anilines is 1. The highest BCUT2D eigenvalue weighted by Gasteiger charge is 2.47. The van der Waals surface area contributed by atoms with Crippen molar-refractivity contribution in [1.29, 1.82) is 0 Å². The van der Waals surface area contributed by atoms with E-state index < -0.39 is 10.0 Å². The van der Waals surface area contributed by atoms with Gasteiger partial charge in [0.1, 0.15) is 10.9 Å². The largest absolute Gasteiger partial charge is 0.354 e. The molecule has 164 valence electrons. The van der Waals surface area contributed by atoms with Gasteiger partial charge in [0, 0.05) is 31.7 Å². The summed E-state index contributed by atoms with van der Waals surface area (Å²) >= 11 is 0. The normalized spacial score (nSPS) is 27.6. The van der Waals surface area contributed by atoms with Crippen LogP contribution in [-0.4, -0.2) is 54.7 Å². The van der Waals surface area contributed by atoms with Gasteiger partial charge in [-0.15, -0.1) is 0 Å². The Morgan fingerprint density at radius 3 is 2.48 bits per heavy atom. The molecular weight excluding hydrogens is 410 g/mol. The number of likely N-dealkylation sites (tertiary alicyclic amines) is 1. The van der Waals surface area contributed by atoms with Crippen LogP contribution in [0.2, 0.25) is 0 Å². The molecule has 0 unspecified atom stereocenters. The molecule has 3 aliphatic rings. The van der Waals surface area contributed by atoms with E-state index in [4.69, 9.17) is 0 Å². The summed E-state index contributed by atoms with van der Waals surface area (Å²) in [5.41, 5.74) is 1.64. The molecule has 7 heteroatoms. The highest BCUT2D eigenvalue weighted by atomic mass is 32.2. The van der Waals surface area contributed by atoms with Gasteiger partial charge in [-0.3, -0.25) is 4.79 Å². The molecule has 0 aromatic heterocycles. The van der Waals surface area contributed by atoms with Crippen molar-refractivity contribution >= 4 is 21.6 Å². The highest BCUT2D eigenvalue weighted by molar-refractivity contribution is 7.89. The van der Waals surface area contributed by atoms with Gasteiger partial charge in [0.25, 0.3) is 0 Å². The maximum atomic E-state index is 13.6. The molecule has 6 nitrogen and oxygen atoms in total. The lowest BCUT2D eigenvalue weighted by Crippen LogP contribution is -2.50. The summed E-state index contributed by atoms with van der Waals surface area (Å²) < 4.78 is 28.9. The minimum atomic E-state index is -3.67. The van der Waals surface area contributed by atoms with Gasteiger partial charge in [0.05, 0.1) is 5.69 Å². The van der Waals surface area contributed by atoms with Gasteiger partial charge >= 0.3 is 0 Å². The number of rotatable bonds is 3. The van der Waals surface area contributed by atoms with E-state index in [1.54, 1.807) is 16.4 Å². The van der Waals surface area contributed by atoms with Crippen molar-refractivity contribution in [3.8, 4) is 0 Å². The van der Waals surface area contributed by atoms with Gasteiger partial charge in [0.2, 0.25) is 15.9 Å². The summed E-state index contributed by atoms with van der Waals surface area (Å²) in [7, 11) is -3.67. The lowest BCUT2D eigenvalue weighted by atomic mass is 10.1. The van der Waals surface area contributed by atoms with Crippen molar-refractivity contribution in [2.75, 3.05) is 18.0 Å². The SMILES string of the molecule is C[C@@H]1CCCN1C(=O)[C@H]1CC[C@H]2CN(Cc3ccccc3)S(=O)(=O)c3ccccc3N21. The van der Waals surface area contributed by atoms with Gasteiger partial charge < -0.3 is 9.80 Å². The van der Waals surface area contributed by atoms with Gasteiger partial charge in [-0.1, -0.05) is 42.5 Å². The number of amides is 1. The predicted molar refractivity (Wildman–Crippen MR) is 120 cm³/mol. The number of carbonyl (C=O) groups excluding carboxylic acids is 1. The number of para-hydroxylation sites is 1. The van der Waals surface area contributed by atoms with Crippen molar-refractivity contribution in [3.05, 3.63) is 60.2 Å². The zero-order chi connectivity index (χ0) is 21.6. The molecule has 0 radical (unpaired) electrons. The van der Waals surface area contributed by atoms with E-state index in [9.17, 15) is 13.2 Å². The second-order valence-corrected chi connectivity index (χ2v) is 10.8. The number of sulfonamides is 1. The summed E-state index contributed by atoms with van der Waals surface area (Å²) in [5, 5.41) is 0. The van der Waals surface area contributed by atoms with E-state index in [2.05, 4.69) is 11.8 Å². The van der Waals surface area contributed by atoms with E-state index in [1.165, 1.54) is 0 Å². The second kappa shape index (κ2) is 7.95. The zero-order valence-corrected chi connectivity index (χ0v) is 18.7. The van der Waals surface area contributed by atoms with Crippen molar-refractivity contribution in [2.24, 2.45) is 0 Å². The molecule has 3 atom stereocenters. The molecule has 2 fully saturated rings. The summed E-state index contributed by atoms with van der Waals surface area (Å²) in [6.45, 7) is 3.64. The average Bonchev–Trinajstić information content (AvgIpc) is 3.37. The van der Waals surface area contributed by atoms with Crippen LogP contribution >= 0.6 is 0 Å². The van der Waals surface area contributed by atoms with E-state index in [0.29, 0.717) is 23.7 Å². The molecule has 2 aromatic rings. The van der Waals surface area contributed by atoms with E-state index >= 15 is 0 Å². The van der Waals surface area contributed by atoms with E-state index in [0.717, 1.165) is 37.8 Å². The van der Waals surface area contributed by atoms with Crippen LogP contribution in [0.5, 0.6) is 0 Å². The van der Waals surface area contributed by atoms with E-state index in [1.807, 2.05) is 47.4 Å². The van der Waals surface area contributed by atoms with Gasteiger partial charge in [-0.2, -0.15) is 4.31 Å². The fourth-order valence-corrected chi connectivity index (χ4v) is 7.07. The van der Waals surface area contributed by atoms with Gasteiger partial charge in [-0.25, -0.2) is 8.42 Å². The number of fused-ring (bicyclic) bond motifs is 3. The first-order valence-electron chi connectivity index (χ1n) is 11.2. The molecule has 3 heterocycles. The molecule has 0 spiro atoms. The number of hydrogen-bond acceptors (Lipinski definition) is 4. The van der Waals surface area contributed by atoms with Gasteiger partial charge in [-0.05, 0) is 50.3 Å². The summed E-state index contributed by atoms with van der Waals surface area (Å²) in [4.78, 5) is 17.9. The highest BCUT2D eigenvalue weighted by Crippen LogP contribution is 2.41. The molecule has 31 heavy (non-hydrogen) atoms. The van der Waals surface area contributed by atoms with Crippen LogP contribution in [-0.2, 0) is 21.4 Å². The van der Waals surface area contributed by atoms with Crippen LogP contribution < -0.4 is 4.90 Å². The number of hydrogen-bond donors (Lipinski definition) is 0. The Morgan fingerprint density at radius 1 is 1.00 bits per heavy atom. The summed E-state index contributed by atoms with van der Waals surface area (Å²) in [6, 6.07) is 16.9. The maximum absolute atomic E-state index is 13.6. The van der Waals surface area contributed by atoms with Crippen LogP contribution in [0.4, 0.5) is 5.69 Å². The van der Waals surface area contributed by atoms with Crippen LogP contribution in [0, 0.1) is 0 Å². The fourth-order valence-electron chi connectivity index (χ4n) is 5.42. The van der Waals surface area contributed by atoms with Crippen LogP contribution in [0.15, 0.2) is 59.5 Å². The van der Waals surface area contributed by atoms with Crippen LogP contribution in [0.25, 0.3) is 0 Å². The maximum Gasteiger partial charge on any atom is 0.245 e. The lowest BCUT2D eigenvalue weighted by molar-refractivity contribution is -0.133. The topological polar surface area (TPSA) is 60.9 Å². The average molecular weight is 440 g/mol. The van der Waals surface area contributed by atoms with Crippen molar-refractivity contribution < 1.29 is 13.2 Å². The first kappa shape index (κ1) is 20.5. The molecule has 3 aliphatic heterocycles. The van der Waals surface area contributed by atoms with Crippen molar-refractivity contribution in [1.82, 2.24) is 9.21 Å². The molecule has 2 aromatic carbocycles. The molecule has 0 N–H and O–H groups in total. The summed E-state index contributed by atoms with van der Waals surface area (Å²) in [6.07, 6.45) is 3.66. The second-order valence-electron chi connectivity index (χ2n) is 8.93. The Labute approximate surface area is 184 Å². The third-order valence-electron chi connectivity index (χ3n) is 7.00. The molecule has 5 rings (SSSR count). The molecular formula is C24H29N3O3S. The van der Waals surface area contributed by atoms with Crippen molar-refractivity contribution in [3.63, 3.8) is 0 Å². The monoisotopic (exact) mass is 439 g/mol. The molecule has 1 amide bonds.